The molecule has 0 amide bonds. The first-order valence-corrected chi connectivity index (χ1v) is 15.7. The smallest absolute Gasteiger partial charge is 0.118 e. The van der Waals surface area contributed by atoms with Gasteiger partial charge in [0, 0.05) is 0 Å². The minimum Gasteiger partial charge on any atom is -0.497 e. The Labute approximate surface area is 282 Å². The molecule has 10 heteroatoms. The van der Waals surface area contributed by atoms with Crippen LogP contribution < -0.4 is 18.9 Å². The van der Waals surface area contributed by atoms with Crippen molar-refractivity contribution in [1.29, 1.82) is 0 Å². The van der Waals surface area contributed by atoms with Crippen LogP contribution in [0.25, 0.3) is 0 Å². The Balaban J connectivity index is 1.56. The van der Waals surface area contributed by atoms with Crippen LogP contribution in [-0.2, 0) is 45.4 Å². The summed E-state index contributed by atoms with van der Waals surface area (Å²) in [6.07, 6.45) is -3.84. The molecule has 10 nitrogen and oxygen atoms in total. The van der Waals surface area contributed by atoms with E-state index in [0.29, 0.717) is 0 Å². The number of hydrogen-bond acceptors (Lipinski definition) is 10. The summed E-state index contributed by atoms with van der Waals surface area (Å²) in [6, 6.07) is 29.9. The third kappa shape index (κ3) is 11.2. The van der Waals surface area contributed by atoms with E-state index in [2.05, 4.69) is 0 Å². The molecule has 0 heterocycles. The lowest BCUT2D eigenvalue weighted by molar-refractivity contribution is -0.193. The fraction of sp³-hybridized carbons (Fsp3) is 0.368. The van der Waals surface area contributed by atoms with E-state index in [1.54, 1.807) is 28.4 Å². The summed E-state index contributed by atoms with van der Waals surface area (Å²) in [5.41, 5.74) is 3.52. The van der Waals surface area contributed by atoms with Gasteiger partial charge in [-0.15, -0.1) is 0 Å². The van der Waals surface area contributed by atoms with Gasteiger partial charge in [-0.1, -0.05) is 48.5 Å². The number of benzene rings is 4. The zero-order valence-corrected chi connectivity index (χ0v) is 28.0. The molecule has 0 aliphatic heterocycles. The maximum absolute atomic E-state index is 11.6. The third-order valence-electron chi connectivity index (χ3n) is 7.79. The van der Waals surface area contributed by atoms with Gasteiger partial charge in [-0.3, -0.25) is 0 Å². The molecule has 0 saturated heterocycles. The van der Waals surface area contributed by atoms with Crippen molar-refractivity contribution < 1.29 is 48.1 Å². The Kier molecular flexibility index (Phi) is 15.0. The first kappa shape index (κ1) is 36.7. The van der Waals surface area contributed by atoms with Crippen molar-refractivity contribution in [2.24, 2.45) is 0 Å². The summed E-state index contributed by atoms with van der Waals surface area (Å²) in [5, 5.41) is 22.2. The lowest BCUT2D eigenvalue weighted by Gasteiger charge is -2.35. The van der Waals surface area contributed by atoms with E-state index in [4.69, 9.17) is 37.9 Å². The van der Waals surface area contributed by atoms with Crippen molar-refractivity contribution in [3.05, 3.63) is 119 Å². The van der Waals surface area contributed by atoms with Gasteiger partial charge in [0.1, 0.15) is 47.4 Å². The maximum Gasteiger partial charge on any atom is 0.118 e. The number of aliphatic hydroxyl groups is 2. The summed E-state index contributed by atoms with van der Waals surface area (Å²) < 4.78 is 46.2. The molecule has 0 bridgehead atoms. The Bertz CT molecular complexity index is 1440. The minimum atomic E-state index is -1.14. The van der Waals surface area contributed by atoms with Gasteiger partial charge < -0.3 is 48.1 Å². The molecule has 4 aromatic rings. The highest BCUT2D eigenvalue weighted by Crippen LogP contribution is 2.23. The highest BCUT2D eigenvalue weighted by atomic mass is 16.6. The first-order chi connectivity index (χ1) is 23.5. The number of rotatable bonds is 21. The number of aliphatic hydroxyl groups excluding tert-OH is 2. The molecule has 0 fully saturated rings. The molecule has 258 valence electrons. The molecule has 0 radical (unpaired) electrons. The van der Waals surface area contributed by atoms with Crippen molar-refractivity contribution in [3.8, 4) is 23.0 Å². The largest absolute Gasteiger partial charge is 0.497 e. The molecular formula is C38H46O10. The summed E-state index contributed by atoms with van der Waals surface area (Å²) in [4.78, 5) is 0. The normalized spacial score (nSPS) is 13.7. The second-order valence-electron chi connectivity index (χ2n) is 11.1. The second kappa shape index (κ2) is 19.6. The quantitative estimate of drug-likeness (QED) is 0.121. The highest BCUT2D eigenvalue weighted by Gasteiger charge is 2.37. The van der Waals surface area contributed by atoms with Crippen molar-refractivity contribution in [1.82, 2.24) is 0 Å². The minimum absolute atomic E-state index is 0.0572. The Hall–Kier alpha value is -4.16. The van der Waals surface area contributed by atoms with E-state index in [0.717, 1.165) is 45.3 Å². The average molecular weight is 663 g/mol. The average Bonchev–Trinajstić information content (AvgIpc) is 3.14. The number of hydrogen-bond donors (Lipinski definition) is 2. The van der Waals surface area contributed by atoms with Crippen LogP contribution in [0.1, 0.15) is 22.3 Å². The standard InChI is InChI=1S/C38H46O10/c1-41-31-13-5-27(6-14-31)22-45-26-35(40)37(47-24-29-9-17-33(43-3)18-10-29)38(48-25-30-11-19-34(44-4)20-12-30)36(21-39)46-23-28-7-15-32(42-2)16-8-28/h5-20,35-40H,21-26H2,1-4H3/t35-,36+,37+,38-/m1/s1. The molecular weight excluding hydrogens is 616 g/mol. The predicted octanol–water partition coefficient (Wildman–Crippen LogP) is 5.35. The van der Waals surface area contributed by atoms with Crippen LogP contribution in [0, 0.1) is 0 Å². The van der Waals surface area contributed by atoms with Gasteiger partial charge in [-0.2, -0.15) is 0 Å². The topological polar surface area (TPSA) is 114 Å². The van der Waals surface area contributed by atoms with E-state index >= 15 is 0 Å². The van der Waals surface area contributed by atoms with Gasteiger partial charge in [-0.25, -0.2) is 0 Å². The summed E-state index contributed by atoms with van der Waals surface area (Å²) in [7, 11) is 6.43. The fourth-order valence-electron chi connectivity index (χ4n) is 4.96. The molecule has 0 spiro atoms. The Morgan fingerprint density at radius 2 is 0.792 bits per heavy atom. The van der Waals surface area contributed by atoms with Crippen LogP contribution in [0.2, 0.25) is 0 Å². The molecule has 4 rings (SSSR count). The monoisotopic (exact) mass is 662 g/mol. The SMILES string of the molecule is COc1ccc(COC[C@@H](O)[C@H](OCc2ccc(OC)cc2)[C@H](OCc2ccc(OC)cc2)[C@H](CO)OCc2ccc(OC)cc2)cc1. The van der Waals surface area contributed by atoms with Crippen LogP contribution in [0.4, 0.5) is 0 Å². The lowest BCUT2D eigenvalue weighted by atomic mass is 10.0. The third-order valence-corrected chi connectivity index (χ3v) is 7.79. The molecule has 48 heavy (non-hydrogen) atoms. The van der Waals surface area contributed by atoms with E-state index in [9.17, 15) is 10.2 Å². The van der Waals surface area contributed by atoms with Crippen molar-refractivity contribution in [2.75, 3.05) is 41.7 Å². The number of ether oxygens (including phenoxy) is 8. The molecule has 4 atom stereocenters. The highest BCUT2D eigenvalue weighted by molar-refractivity contribution is 5.29. The van der Waals surface area contributed by atoms with Gasteiger partial charge in [0.25, 0.3) is 0 Å². The summed E-state index contributed by atoms with van der Waals surface area (Å²) >= 11 is 0. The zero-order valence-electron chi connectivity index (χ0n) is 28.0. The van der Waals surface area contributed by atoms with Gasteiger partial charge in [0.15, 0.2) is 0 Å². The van der Waals surface area contributed by atoms with Gasteiger partial charge in [-0.05, 0) is 70.8 Å². The molecule has 2 N–H and O–H groups in total. The van der Waals surface area contributed by atoms with Crippen LogP contribution >= 0.6 is 0 Å². The molecule has 0 aliphatic carbocycles. The number of methoxy groups -OCH3 is 4. The van der Waals surface area contributed by atoms with E-state index in [-0.39, 0.29) is 39.6 Å². The first-order valence-electron chi connectivity index (χ1n) is 15.7. The molecule has 4 aromatic carbocycles. The van der Waals surface area contributed by atoms with Crippen molar-refractivity contribution in [3.63, 3.8) is 0 Å². The van der Waals surface area contributed by atoms with Gasteiger partial charge >= 0.3 is 0 Å². The van der Waals surface area contributed by atoms with E-state index < -0.39 is 24.4 Å². The second-order valence-corrected chi connectivity index (χ2v) is 11.1. The maximum atomic E-state index is 11.6. The Morgan fingerprint density at radius 1 is 0.458 bits per heavy atom. The fourth-order valence-corrected chi connectivity index (χ4v) is 4.96. The van der Waals surface area contributed by atoms with Crippen LogP contribution in [0.3, 0.4) is 0 Å². The lowest BCUT2D eigenvalue weighted by Crippen LogP contribution is -2.51. The summed E-state index contributed by atoms with van der Waals surface area (Å²) in [5.74, 6) is 2.90. The van der Waals surface area contributed by atoms with Crippen molar-refractivity contribution in [2.45, 2.75) is 50.8 Å². The van der Waals surface area contributed by atoms with Crippen LogP contribution in [0.5, 0.6) is 23.0 Å². The summed E-state index contributed by atoms with van der Waals surface area (Å²) in [6.45, 7) is 0.333. The predicted molar refractivity (Wildman–Crippen MR) is 180 cm³/mol. The van der Waals surface area contributed by atoms with Gasteiger partial charge in [0.2, 0.25) is 0 Å². The van der Waals surface area contributed by atoms with Crippen molar-refractivity contribution >= 4 is 0 Å². The molecule has 0 aromatic heterocycles. The van der Waals surface area contributed by atoms with Crippen LogP contribution in [0.15, 0.2) is 97.1 Å². The molecule has 0 aliphatic rings. The zero-order chi connectivity index (χ0) is 34.1. The van der Waals surface area contributed by atoms with E-state index in [1.807, 2.05) is 97.1 Å². The van der Waals surface area contributed by atoms with Crippen LogP contribution in [-0.4, -0.2) is 76.3 Å². The van der Waals surface area contributed by atoms with Gasteiger partial charge in [0.05, 0.1) is 68.1 Å². The van der Waals surface area contributed by atoms with E-state index in [1.165, 1.54) is 0 Å². The molecule has 0 saturated carbocycles. The Morgan fingerprint density at radius 3 is 1.15 bits per heavy atom. The molecule has 0 unspecified atom stereocenters.